The molecule has 0 saturated heterocycles. The summed E-state index contributed by atoms with van der Waals surface area (Å²) >= 11 is 0. The van der Waals surface area contributed by atoms with E-state index in [0.29, 0.717) is 22.8 Å². The van der Waals surface area contributed by atoms with E-state index in [1.807, 2.05) is 25.1 Å². The summed E-state index contributed by atoms with van der Waals surface area (Å²) in [6.45, 7) is 1.88. The zero-order valence-electron chi connectivity index (χ0n) is 11.7. The van der Waals surface area contributed by atoms with E-state index in [2.05, 4.69) is 0 Å². The maximum atomic E-state index is 12.2. The van der Waals surface area contributed by atoms with Crippen LogP contribution in [0.15, 0.2) is 29.1 Å². The molecule has 0 aliphatic carbocycles. The van der Waals surface area contributed by atoms with Crippen molar-refractivity contribution in [2.75, 3.05) is 14.1 Å². The van der Waals surface area contributed by atoms with Crippen LogP contribution in [0.1, 0.15) is 15.9 Å². The van der Waals surface area contributed by atoms with E-state index in [0.717, 1.165) is 5.56 Å². The van der Waals surface area contributed by atoms with Crippen molar-refractivity contribution in [3.05, 3.63) is 45.7 Å². The Morgan fingerprint density at radius 2 is 2.00 bits per heavy atom. The third-order valence-corrected chi connectivity index (χ3v) is 3.16. The first kappa shape index (κ1) is 14.0. The van der Waals surface area contributed by atoms with Crippen molar-refractivity contribution in [3.8, 4) is 0 Å². The zero-order valence-corrected chi connectivity index (χ0v) is 11.7. The molecule has 0 aliphatic heterocycles. The molecule has 0 N–H and O–H groups in total. The molecule has 5 heteroatoms. The van der Waals surface area contributed by atoms with Crippen LogP contribution in [0.4, 0.5) is 0 Å². The molecule has 104 valence electrons. The maximum absolute atomic E-state index is 12.2. The fourth-order valence-electron chi connectivity index (χ4n) is 2.17. The highest BCUT2D eigenvalue weighted by atomic mass is 16.2. The lowest BCUT2D eigenvalue weighted by Gasteiger charge is -2.15. The second-order valence-corrected chi connectivity index (χ2v) is 4.89. The average molecular weight is 272 g/mol. The number of hydrogen-bond acceptors (Lipinski definition) is 3. The number of amides is 1. The molecule has 0 atom stereocenters. The van der Waals surface area contributed by atoms with Gasteiger partial charge in [0.2, 0.25) is 0 Å². The Balaban J connectivity index is 2.86. The van der Waals surface area contributed by atoms with E-state index in [4.69, 9.17) is 0 Å². The fraction of sp³-hybridized carbons (Fsp3) is 0.267. The Labute approximate surface area is 116 Å². The van der Waals surface area contributed by atoms with Crippen LogP contribution >= 0.6 is 0 Å². The topological polar surface area (TPSA) is 59.4 Å². The summed E-state index contributed by atoms with van der Waals surface area (Å²) in [5.41, 5.74) is 1.58. The minimum atomic E-state index is -0.347. The summed E-state index contributed by atoms with van der Waals surface area (Å²) in [5.74, 6) is -0.228. The first-order valence-corrected chi connectivity index (χ1v) is 6.25. The van der Waals surface area contributed by atoms with Gasteiger partial charge in [0.05, 0.1) is 17.6 Å². The van der Waals surface area contributed by atoms with Gasteiger partial charge in [0.15, 0.2) is 0 Å². The van der Waals surface area contributed by atoms with Crippen LogP contribution < -0.4 is 5.56 Å². The molecule has 1 heterocycles. The summed E-state index contributed by atoms with van der Waals surface area (Å²) in [6, 6.07) is 6.79. The zero-order chi connectivity index (χ0) is 14.9. The van der Waals surface area contributed by atoms with Gasteiger partial charge in [-0.2, -0.15) is 0 Å². The first-order chi connectivity index (χ1) is 9.45. The monoisotopic (exact) mass is 272 g/mol. The summed E-state index contributed by atoms with van der Waals surface area (Å²) in [5, 5.41) is 0.677. The molecule has 5 nitrogen and oxygen atoms in total. The van der Waals surface area contributed by atoms with Crippen molar-refractivity contribution in [1.29, 1.82) is 0 Å². The van der Waals surface area contributed by atoms with E-state index >= 15 is 0 Å². The van der Waals surface area contributed by atoms with E-state index in [1.165, 1.54) is 15.5 Å². The molecule has 1 aromatic carbocycles. The number of fused-ring (bicyclic) bond motifs is 1. The van der Waals surface area contributed by atoms with E-state index in [-0.39, 0.29) is 18.0 Å². The van der Waals surface area contributed by atoms with Gasteiger partial charge in [-0.15, -0.1) is 0 Å². The van der Waals surface area contributed by atoms with Gasteiger partial charge in [-0.3, -0.25) is 9.59 Å². The number of carbonyl (C=O) groups is 2. The van der Waals surface area contributed by atoms with E-state index < -0.39 is 0 Å². The molecule has 0 radical (unpaired) electrons. The largest absolute Gasteiger partial charge is 0.345 e. The molecule has 0 unspecified atom stereocenters. The molecule has 1 amide bonds. The van der Waals surface area contributed by atoms with Crippen molar-refractivity contribution in [2.24, 2.45) is 0 Å². The quantitative estimate of drug-likeness (QED) is 0.789. The lowest BCUT2D eigenvalue weighted by molar-refractivity contribution is -0.108. The van der Waals surface area contributed by atoms with Crippen LogP contribution in [0.25, 0.3) is 10.9 Å². The van der Waals surface area contributed by atoms with Crippen LogP contribution in [0.5, 0.6) is 0 Å². The lowest BCUT2D eigenvalue weighted by Crippen LogP contribution is -2.27. The predicted octanol–water partition coefficient (Wildman–Crippen LogP) is 1.21. The molecule has 0 bridgehead atoms. The van der Waals surface area contributed by atoms with Gasteiger partial charge in [-0.1, -0.05) is 12.1 Å². The summed E-state index contributed by atoms with van der Waals surface area (Å²) in [4.78, 5) is 36.5. The van der Waals surface area contributed by atoms with Crippen LogP contribution in [0.3, 0.4) is 0 Å². The smallest absolute Gasteiger partial charge is 0.254 e. The second-order valence-electron chi connectivity index (χ2n) is 4.89. The van der Waals surface area contributed by atoms with Gasteiger partial charge in [-0.05, 0) is 18.6 Å². The molecule has 1 aromatic heterocycles. The Hall–Kier alpha value is -2.43. The summed E-state index contributed by atoms with van der Waals surface area (Å²) in [7, 11) is 3.28. The number of hydrogen-bond donors (Lipinski definition) is 0. The van der Waals surface area contributed by atoms with Crippen LogP contribution in [-0.4, -0.2) is 35.8 Å². The molecule has 0 fully saturated rings. The highest BCUT2D eigenvalue weighted by Gasteiger charge is 2.16. The summed E-state index contributed by atoms with van der Waals surface area (Å²) in [6.07, 6.45) is 0.677. The lowest BCUT2D eigenvalue weighted by atomic mass is 10.1. The van der Waals surface area contributed by atoms with Crippen molar-refractivity contribution >= 4 is 23.1 Å². The van der Waals surface area contributed by atoms with Gasteiger partial charge in [-0.25, -0.2) is 0 Å². The standard InChI is InChI=1S/C15H16N2O3/c1-10-4-5-11-12(15(20)16(2)3)9-14(19)17(6-7-18)13(11)8-10/h4-5,7-9H,6H2,1-3H3. The minimum absolute atomic E-state index is 0.0186. The molecule has 2 rings (SSSR count). The number of rotatable bonds is 3. The van der Waals surface area contributed by atoms with Crippen molar-refractivity contribution < 1.29 is 9.59 Å². The molecule has 0 spiro atoms. The first-order valence-electron chi connectivity index (χ1n) is 6.25. The number of aryl methyl sites for hydroxylation is 1. The molecular weight excluding hydrogens is 256 g/mol. The minimum Gasteiger partial charge on any atom is -0.345 e. The van der Waals surface area contributed by atoms with Crippen molar-refractivity contribution in [1.82, 2.24) is 9.47 Å². The van der Waals surface area contributed by atoms with Gasteiger partial charge in [0.1, 0.15) is 6.29 Å². The second kappa shape index (κ2) is 5.28. The van der Waals surface area contributed by atoms with Crippen LogP contribution in [0, 0.1) is 6.92 Å². The van der Waals surface area contributed by atoms with Gasteiger partial charge >= 0.3 is 0 Å². The number of carbonyl (C=O) groups excluding carboxylic acids is 2. The molecular formula is C15H16N2O3. The van der Waals surface area contributed by atoms with Gasteiger partial charge < -0.3 is 14.3 Å². The van der Waals surface area contributed by atoms with Gasteiger partial charge in [0, 0.05) is 25.5 Å². The molecule has 0 aliphatic rings. The molecule has 20 heavy (non-hydrogen) atoms. The Bertz CT molecular complexity index is 745. The van der Waals surface area contributed by atoms with Crippen LogP contribution in [-0.2, 0) is 11.3 Å². The SMILES string of the molecule is Cc1ccc2c(C(=O)N(C)C)cc(=O)n(CC=O)c2c1. The number of pyridine rings is 1. The summed E-state index contributed by atoms with van der Waals surface area (Å²) < 4.78 is 1.38. The Morgan fingerprint density at radius 1 is 1.30 bits per heavy atom. The third kappa shape index (κ3) is 2.34. The van der Waals surface area contributed by atoms with E-state index in [1.54, 1.807) is 14.1 Å². The number of nitrogens with zero attached hydrogens (tertiary/aromatic N) is 2. The van der Waals surface area contributed by atoms with Crippen LogP contribution in [0.2, 0.25) is 0 Å². The van der Waals surface area contributed by atoms with Crippen molar-refractivity contribution in [2.45, 2.75) is 13.5 Å². The van der Waals surface area contributed by atoms with E-state index in [9.17, 15) is 14.4 Å². The third-order valence-electron chi connectivity index (χ3n) is 3.16. The highest BCUT2D eigenvalue weighted by Crippen LogP contribution is 2.19. The van der Waals surface area contributed by atoms with Crippen molar-refractivity contribution in [3.63, 3.8) is 0 Å². The average Bonchev–Trinajstić information content (AvgIpc) is 2.40. The Morgan fingerprint density at radius 3 is 2.60 bits per heavy atom. The molecule has 0 saturated carbocycles. The molecule has 2 aromatic rings. The number of benzene rings is 1. The maximum Gasteiger partial charge on any atom is 0.254 e. The number of aromatic nitrogens is 1. The number of aldehydes is 1. The predicted molar refractivity (Wildman–Crippen MR) is 77.0 cm³/mol. The normalized spacial score (nSPS) is 10.6. The van der Waals surface area contributed by atoms with Gasteiger partial charge in [0.25, 0.3) is 11.5 Å². The highest BCUT2D eigenvalue weighted by molar-refractivity contribution is 6.06. The fourth-order valence-corrected chi connectivity index (χ4v) is 2.17. The Kier molecular flexibility index (Phi) is 3.70.